The molecular weight excluding hydrogens is 604 g/mol. The minimum Gasteiger partial charge on any atom is -0.330 e. The molecule has 3 aromatic carbocycles. The molecule has 0 radical (unpaired) electrons. The van der Waals surface area contributed by atoms with Crippen molar-refractivity contribution < 1.29 is 0 Å². The van der Waals surface area contributed by atoms with Crippen molar-refractivity contribution in [3.8, 4) is 0 Å². The van der Waals surface area contributed by atoms with Gasteiger partial charge < -0.3 is 5.73 Å². The lowest BCUT2D eigenvalue weighted by atomic mass is 10.1. The molecule has 0 heterocycles. The zero-order valence-electron chi connectivity index (χ0n) is 27.3. The molecule has 5 heteroatoms. The fraction of sp³-hybridized carbons (Fsp3) is 0.538. The van der Waals surface area contributed by atoms with Crippen LogP contribution in [0.3, 0.4) is 0 Å². The van der Waals surface area contributed by atoms with Gasteiger partial charge in [0.05, 0.1) is 0 Å². The van der Waals surface area contributed by atoms with Gasteiger partial charge in [0.25, 0.3) is 0 Å². The van der Waals surface area contributed by atoms with Crippen LogP contribution in [0.2, 0.25) is 0 Å². The van der Waals surface area contributed by atoms with Gasteiger partial charge in [0, 0.05) is 16.8 Å². The van der Waals surface area contributed by atoms with Crippen LogP contribution in [0, 0.1) is 0 Å². The first-order valence-electron chi connectivity index (χ1n) is 17.2. The average molecular weight is 664 g/mol. The third-order valence-corrected chi connectivity index (χ3v) is 8.14. The van der Waals surface area contributed by atoms with E-state index in [4.69, 9.17) is 11.3 Å². The molecule has 0 saturated heterocycles. The summed E-state index contributed by atoms with van der Waals surface area (Å²) < 4.78 is 0. The summed E-state index contributed by atoms with van der Waals surface area (Å²) in [6.45, 7) is 1.49. The van der Waals surface area contributed by atoms with Crippen LogP contribution in [-0.2, 0) is 19.3 Å². The van der Waals surface area contributed by atoms with Gasteiger partial charge in [-0.05, 0) is 86.6 Å². The van der Waals surface area contributed by atoms with E-state index in [0.717, 1.165) is 18.3 Å². The molecule has 3 aromatic rings. The summed E-state index contributed by atoms with van der Waals surface area (Å²) in [7, 11) is 0. The Morgan fingerprint density at radius 2 is 0.818 bits per heavy atom. The highest BCUT2D eigenvalue weighted by molar-refractivity contribution is 9.09. The minimum atomic E-state index is 0.648. The number of unbranched alkanes of at least 4 members (excludes halogenated alkanes) is 12. The standard InChI is InChI=1S/C13H19Br.C13H19N3.C13H21N/c14-12-8-3-1-2-5-9-13-10-6-4-7-11-13;14-16-15-12-8-3-1-2-5-9-13-10-6-4-7-11-13;14-12-8-3-1-2-5-9-13-10-6-4-7-11-13/h4,6-7,10-11H,1-3,5,8-9,12H2;4,6-7,10-11H,1-3,5,8-9,12H2;4,6-7,10-11H,1-3,5,8-9,12,14H2. The predicted molar refractivity (Wildman–Crippen MR) is 197 cm³/mol. The van der Waals surface area contributed by atoms with E-state index in [-0.39, 0.29) is 0 Å². The molecule has 0 bridgehead atoms. The molecule has 2 N–H and O–H groups in total. The summed E-state index contributed by atoms with van der Waals surface area (Å²) in [5.74, 6) is 0. The number of nitrogens with two attached hydrogens (primary N) is 1. The number of hydrogen-bond acceptors (Lipinski definition) is 2. The number of aryl methyl sites for hydroxylation is 3. The maximum atomic E-state index is 8.09. The third kappa shape index (κ3) is 25.9. The third-order valence-electron chi connectivity index (χ3n) is 7.58. The van der Waals surface area contributed by atoms with Gasteiger partial charge in [-0.25, -0.2) is 0 Å². The largest absolute Gasteiger partial charge is 0.330 e. The molecule has 0 fully saturated rings. The van der Waals surface area contributed by atoms with E-state index >= 15 is 0 Å². The van der Waals surface area contributed by atoms with Crippen LogP contribution in [0.15, 0.2) is 96.1 Å². The second-order valence-corrected chi connectivity index (χ2v) is 12.2. The highest BCUT2D eigenvalue weighted by atomic mass is 79.9. The molecule has 0 unspecified atom stereocenters. The summed E-state index contributed by atoms with van der Waals surface area (Å²) in [4.78, 5) is 2.73. The van der Waals surface area contributed by atoms with Crippen molar-refractivity contribution in [2.45, 2.75) is 116 Å². The predicted octanol–water partition coefficient (Wildman–Crippen LogP) is 12.2. The van der Waals surface area contributed by atoms with Crippen LogP contribution in [0.25, 0.3) is 10.4 Å². The van der Waals surface area contributed by atoms with E-state index in [1.54, 1.807) is 0 Å². The van der Waals surface area contributed by atoms with Crippen molar-refractivity contribution in [1.29, 1.82) is 0 Å². The van der Waals surface area contributed by atoms with Gasteiger partial charge in [-0.15, -0.1) is 0 Å². The Hall–Kier alpha value is -2.59. The number of alkyl halides is 1. The monoisotopic (exact) mass is 662 g/mol. The lowest BCUT2D eigenvalue weighted by molar-refractivity contribution is 0.618. The van der Waals surface area contributed by atoms with Crippen molar-refractivity contribution in [3.05, 3.63) is 118 Å². The summed E-state index contributed by atoms with van der Waals surface area (Å²) in [6, 6.07) is 32.1. The first kappa shape index (κ1) is 39.4. The normalized spacial score (nSPS) is 10.1. The topological polar surface area (TPSA) is 74.8 Å². The van der Waals surface area contributed by atoms with E-state index in [1.807, 2.05) is 0 Å². The van der Waals surface area contributed by atoms with Crippen molar-refractivity contribution in [2.75, 3.05) is 18.4 Å². The first-order chi connectivity index (χ1) is 21.8. The zero-order valence-corrected chi connectivity index (χ0v) is 28.9. The van der Waals surface area contributed by atoms with Crippen molar-refractivity contribution in [2.24, 2.45) is 10.8 Å². The van der Waals surface area contributed by atoms with Gasteiger partial charge >= 0.3 is 0 Å². The zero-order chi connectivity index (χ0) is 31.6. The maximum absolute atomic E-state index is 8.09. The van der Waals surface area contributed by atoms with Crippen LogP contribution in [0.1, 0.15) is 113 Å². The van der Waals surface area contributed by atoms with E-state index in [9.17, 15) is 0 Å². The molecule has 0 aromatic heterocycles. The van der Waals surface area contributed by atoms with Crippen LogP contribution in [-0.4, -0.2) is 18.4 Å². The van der Waals surface area contributed by atoms with E-state index in [1.165, 1.54) is 126 Å². The molecule has 0 aliphatic rings. The highest BCUT2D eigenvalue weighted by Gasteiger charge is 1.95. The molecule has 0 amide bonds. The molecule has 0 aliphatic heterocycles. The number of benzene rings is 3. The first-order valence-corrected chi connectivity index (χ1v) is 18.3. The smallest absolute Gasteiger partial charge is 0.0257 e. The van der Waals surface area contributed by atoms with E-state index < -0.39 is 0 Å². The van der Waals surface area contributed by atoms with Gasteiger partial charge in [-0.1, -0.05) is 170 Å². The number of halogens is 1. The number of azide groups is 1. The van der Waals surface area contributed by atoms with E-state index in [2.05, 4.69) is 117 Å². The molecule has 0 spiro atoms. The van der Waals surface area contributed by atoms with Crippen LogP contribution in [0.5, 0.6) is 0 Å². The second-order valence-electron chi connectivity index (χ2n) is 11.4. The molecule has 0 saturated carbocycles. The molecule has 4 nitrogen and oxygen atoms in total. The van der Waals surface area contributed by atoms with Crippen LogP contribution < -0.4 is 5.73 Å². The molecule has 44 heavy (non-hydrogen) atoms. The Balaban J connectivity index is 0.000000331. The Labute approximate surface area is 278 Å². The van der Waals surface area contributed by atoms with Gasteiger partial charge in [0.15, 0.2) is 0 Å². The molecular formula is C39H59BrN4. The Morgan fingerprint density at radius 3 is 1.18 bits per heavy atom. The van der Waals surface area contributed by atoms with Crippen molar-refractivity contribution >= 4 is 15.9 Å². The summed E-state index contributed by atoms with van der Waals surface area (Å²) in [6.07, 6.45) is 22.9. The maximum Gasteiger partial charge on any atom is 0.0257 e. The fourth-order valence-corrected chi connectivity index (χ4v) is 5.37. The molecule has 242 valence electrons. The number of nitrogens with zero attached hydrogens (tertiary/aromatic N) is 3. The van der Waals surface area contributed by atoms with Crippen molar-refractivity contribution in [3.63, 3.8) is 0 Å². The van der Waals surface area contributed by atoms with Gasteiger partial charge in [-0.2, -0.15) is 0 Å². The van der Waals surface area contributed by atoms with E-state index in [0.29, 0.717) is 6.54 Å². The highest BCUT2D eigenvalue weighted by Crippen LogP contribution is 2.11. The SMILES string of the molecule is BrCCCCCCCc1ccccc1.NCCCCCCCc1ccccc1.[N-]=[N+]=NCCCCCCCc1ccccc1. The van der Waals surface area contributed by atoms with Gasteiger partial charge in [0.1, 0.15) is 0 Å². The molecule has 0 aliphatic carbocycles. The Morgan fingerprint density at radius 1 is 0.477 bits per heavy atom. The average Bonchev–Trinajstić information content (AvgIpc) is 3.08. The summed E-state index contributed by atoms with van der Waals surface area (Å²) >= 11 is 3.46. The fourth-order valence-electron chi connectivity index (χ4n) is 4.98. The van der Waals surface area contributed by atoms with Gasteiger partial charge in [-0.3, -0.25) is 0 Å². The summed E-state index contributed by atoms with van der Waals surface area (Å²) in [5.41, 5.74) is 17.9. The lowest BCUT2D eigenvalue weighted by Gasteiger charge is -2.01. The Bertz CT molecular complexity index is 972. The summed E-state index contributed by atoms with van der Waals surface area (Å²) in [5, 5.41) is 4.68. The molecule has 0 atom stereocenters. The van der Waals surface area contributed by atoms with Crippen LogP contribution in [0.4, 0.5) is 0 Å². The van der Waals surface area contributed by atoms with Gasteiger partial charge in [0.2, 0.25) is 0 Å². The number of hydrogen-bond donors (Lipinski definition) is 1. The quantitative estimate of drug-likeness (QED) is 0.0375. The van der Waals surface area contributed by atoms with Crippen LogP contribution >= 0.6 is 15.9 Å². The molecule has 3 rings (SSSR count). The van der Waals surface area contributed by atoms with Crippen molar-refractivity contribution in [1.82, 2.24) is 0 Å². The minimum absolute atomic E-state index is 0.648. The number of rotatable bonds is 22. The lowest BCUT2D eigenvalue weighted by Crippen LogP contribution is -1.97. The Kier molecular flexibility index (Phi) is 28.5. The second kappa shape index (κ2) is 31.8.